The summed E-state index contributed by atoms with van der Waals surface area (Å²) < 4.78 is 36.2. The fourth-order valence-electron chi connectivity index (χ4n) is 4.42. The minimum Gasteiger partial charge on any atom is -0.454 e. The third kappa shape index (κ3) is 4.16. The molecule has 1 unspecified atom stereocenters. The van der Waals surface area contributed by atoms with Gasteiger partial charge in [-0.3, -0.25) is 14.5 Å². The van der Waals surface area contributed by atoms with E-state index in [1.54, 1.807) is 24.0 Å². The summed E-state index contributed by atoms with van der Waals surface area (Å²) in [6, 6.07) is 12.2. The summed E-state index contributed by atoms with van der Waals surface area (Å²) >= 11 is 0. The molecule has 174 valence electrons. The molecule has 3 heterocycles. The third-order valence-electron chi connectivity index (χ3n) is 6.21. The van der Waals surface area contributed by atoms with Gasteiger partial charge < -0.3 is 14.4 Å². The van der Waals surface area contributed by atoms with Crippen LogP contribution in [0, 0.1) is 5.92 Å². The van der Waals surface area contributed by atoms with E-state index >= 15 is 0 Å². The molecule has 1 atom stereocenters. The molecule has 2 amide bonds. The number of rotatable bonds is 4. The maximum atomic E-state index is 12.9. The predicted molar refractivity (Wildman–Crippen MR) is 121 cm³/mol. The highest BCUT2D eigenvalue weighted by molar-refractivity contribution is 7.94. The van der Waals surface area contributed by atoms with E-state index in [9.17, 15) is 18.0 Å². The Morgan fingerprint density at radius 2 is 1.70 bits per heavy atom. The highest BCUT2D eigenvalue weighted by Gasteiger charge is 2.42. The molecule has 0 spiro atoms. The summed E-state index contributed by atoms with van der Waals surface area (Å²) in [6.45, 7) is 5.31. The van der Waals surface area contributed by atoms with Gasteiger partial charge in [0, 0.05) is 38.3 Å². The molecule has 0 aliphatic carbocycles. The molecule has 33 heavy (non-hydrogen) atoms. The second-order valence-electron chi connectivity index (χ2n) is 8.59. The second kappa shape index (κ2) is 8.35. The molecular formula is C23H25N3O6S. The molecule has 0 N–H and O–H groups in total. The molecule has 3 aliphatic heterocycles. The first-order valence-corrected chi connectivity index (χ1v) is 12.5. The first kappa shape index (κ1) is 21.7. The molecule has 3 aliphatic rings. The van der Waals surface area contributed by atoms with Crippen LogP contribution in [0.2, 0.25) is 0 Å². The van der Waals surface area contributed by atoms with Crippen LogP contribution in [0.15, 0.2) is 42.5 Å². The lowest BCUT2D eigenvalue weighted by molar-refractivity contribution is -0.119. The van der Waals surface area contributed by atoms with Crippen molar-refractivity contribution in [3.05, 3.63) is 53.6 Å². The molecule has 5 rings (SSSR count). The van der Waals surface area contributed by atoms with Crippen LogP contribution in [-0.4, -0.2) is 68.8 Å². The second-order valence-corrected chi connectivity index (χ2v) is 10.4. The Kier molecular flexibility index (Phi) is 5.49. The molecule has 10 heteroatoms. The van der Waals surface area contributed by atoms with Gasteiger partial charge in [-0.05, 0) is 42.0 Å². The number of fused-ring (bicyclic) bond motifs is 1. The van der Waals surface area contributed by atoms with Gasteiger partial charge in [0.05, 0.1) is 17.4 Å². The Hall–Kier alpha value is -3.11. The zero-order valence-electron chi connectivity index (χ0n) is 18.3. The van der Waals surface area contributed by atoms with Crippen molar-refractivity contribution >= 4 is 27.5 Å². The van der Waals surface area contributed by atoms with Gasteiger partial charge in [0.15, 0.2) is 11.5 Å². The minimum atomic E-state index is -3.66. The van der Waals surface area contributed by atoms with E-state index < -0.39 is 21.8 Å². The SMILES string of the molecule is CC1CS(=O)(=O)N(c2ccc(C(=O)N3CCN(Cc4ccc5c(c4)OCO5)CC3)cc2)C1=O. The number of carbonyl (C=O) groups is 2. The van der Waals surface area contributed by atoms with E-state index in [1.807, 2.05) is 18.2 Å². The van der Waals surface area contributed by atoms with E-state index in [4.69, 9.17) is 9.47 Å². The van der Waals surface area contributed by atoms with Gasteiger partial charge in [-0.1, -0.05) is 13.0 Å². The van der Waals surface area contributed by atoms with E-state index in [0.717, 1.165) is 41.0 Å². The van der Waals surface area contributed by atoms with Crippen molar-refractivity contribution in [2.24, 2.45) is 5.92 Å². The number of benzene rings is 2. The molecule has 2 aromatic carbocycles. The Morgan fingerprint density at radius 1 is 1.00 bits per heavy atom. The zero-order valence-corrected chi connectivity index (χ0v) is 19.1. The van der Waals surface area contributed by atoms with Crippen molar-refractivity contribution in [2.75, 3.05) is 43.0 Å². The first-order valence-electron chi connectivity index (χ1n) is 10.9. The molecule has 0 radical (unpaired) electrons. The van der Waals surface area contributed by atoms with Crippen molar-refractivity contribution in [1.82, 2.24) is 9.80 Å². The summed E-state index contributed by atoms with van der Waals surface area (Å²) in [5.41, 5.74) is 1.88. The van der Waals surface area contributed by atoms with Crippen molar-refractivity contribution in [3.8, 4) is 11.5 Å². The highest BCUT2D eigenvalue weighted by Crippen LogP contribution is 2.33. The van der Waals surface area contributed by atoms with E-state index in [0.29, 0.717) is 18.7 Å². The number of amides is 2. The quantitative estimate of drug-likeness (QED) is 0.669. The maximum absolute atomic E-state index is 12.9. The smallest absolute Gasteiger partial charge is 0.253 e. The topological polar surface area (TPSA) is 96.5 Å². The van der Waals surface area contributed by atoms with E-state index in [-0.39, 0.29) is 24.1 Å². The standard InChI is InChI=1S/C23H25N3O6S/c1-16-14-33(29,30)26(22(16)27)19-5-3-18(4-6-19)23(28)25-10-8-24(9-11-25)13-17-2-7-20-21(12-17)32-15-31-20/h2-7,12,16H,8-11,13-15H2,1H3. The van der Waals surface area contributed by atoms with Crippen LogP contribution in [0.1, 0.15) is 22.8 Å². The predicted octanol–water partition coefficient (Wildman–Crippen LogP) is 1.69. The number of hydrogen-bond acceptors (Lipinski definition) is 7. The number of sulfonamides is 1. The lowest BCUT2D eigenvalue weighted by Gasteiger charge is -2.34. The molecule has 0 aromatic heterocycles. The number of anilines is 1. The van der Waals surface area contributed by atoms with Crippen molar-refractivity contribution in [2.45, 2.75) is 13.5 Å². The molecule has 2 saturated heterocycles. The van der Waals surface area contributed by atoms with Gasteiger partial charge in [0.25, 0.3) is 5.91 Å². The molecular weight excluding hydrogens is 446 g/mol. The van der Waals surface area contributed by atoms with Crippen molar-refractivity contribution in [3.63, 3.8) is 0 Å². The van der Waals surface area contributed by atoms with Crippen LogP contribution in [-0.2, 0) is 21.4 Å². The van der Waals surface area contributed by atoms with Crippen LogP contribution in [0.3, 0.4) is 0 Å². The zero-order chi connectivity index (χ0) is 23.2. The fourth-order valence-corrected chi connectivity index (χ4v) is 6.24. The lowest BCUT2D eigenvalue weighted by Crippen LogP contribution is -2.48. The molecule has 0 saturated carbocycles. The van der Waals surface area contributed by atoms with Crippen LogP contribution < -0.4 is 13.8 Å². The Bertz CT molecular complexity index is 1190. The van der Waals surface area contributed by atoms with Crippen molar-refractivity contribution < 1.29 is 27.5 Å². The van der Waals surface area contributed by atoms with Crippen LogP contribution in [0.25, 0.3) is 0 Å². The monoisotopic (exact) mass is 471 g/mol. The van der Waals surface area contributed by atoms with Gasteiger partial charge in [-0.25, -0.2) is 12.7 Å². The largest absolute Gasteiger partial charge is 0.454 e. The van der Waals surface area contributed by atoms with Crippen LogP contribution in [0.5, 0.6) is 11.5 Å². The number of carbonyl (C=O) groups excluding carboxylic acids is 2. The Morgan fingerprint density at radius 3 is 2.36 bits per heavy atom. The fraction of sp³-hybridized carbons (Fsp3) is 0.391. The highest BCUT2D eigenvalue weighted by atomic mass is 32.2. The van der Waals surface area contributed by atoms with Crippen LogP contribution in [0.4, 0.5) is 5.69 Å². The summed E-state index contributed by atoms with van der Waals surface area (Å²) in [5, 5.41) is 0. The summed E-state index contributed by atoms with van der Waals surface area (Å²) in [4.78, 5) is 29.3. The number of piperazine rings is 1. The van der Waals surface area contributed by atoms with Crippen LogP contribution >= 0.6 is 0 Å². The average Bonchev–Trinajstić information content (AvgIpc) is 3.34. The summed E-state index contributed by atoms with van der Waals surface area (Å²) in [5.74, 6) is 0.235. The Balaban J connectivity index is 1.19. The maximum Gasteiger partial charge on any atom is 0.253 e. The first-order chi connectivity index (χ1) is 15.8. The minimum absolute atomic E-state index is 0.103. The number of hydrogen-bond donors (Lipinski definition) is 0. The van der Waals surface area contributed by atoms with Crippen molar-refractivity contribution in [1.29, 1.82) is 0 Å². The number of ether oxygens (including phenoxy) is 2. The van der Waals surface area contributed by atoms with E-state index in [1.165, 1.54) is 12.1 Å². The van der Waals surface area contributed by atoms with Gasteiger partial charge >= 0.3 is 0 Å². The van der Waals surface area contributed by atoms with Gasteiger partial charge in [0.1, 0.15) is 0 Å². The molecule has 0 bridgehead atoms. The molecule has 9 nitrogen and oxygen atoms in total. The number of nitrogens with zero attached hydrogens (tertiary/aromatic N) is 3. The van der Waals surface area contributed by atoms with Gasteiger partial charge in [0.2, 0.25) is 22.7 Å². The lowest BCUT2D eigenvalue weighted by atomic mass is 10.1. The van der Waals surface area contributed by atoms with Gasteiger partial charge in [-0.15, -0.1) is 0 Å². The average molecular weight is 472 g/mol. The molecule has 2 fully saturated rings. The Labute approximate surface area is 192 Å². The summed E-state index contributed by atoms with van der Waals surface area (Å²) in [6.07, 6.45) is 0. The summed E-state index contributed by atoms with van der Waals surface area (Å²) in [7, 11) is -3.66. The third-order valence-corrected chi connectivity index (χ3v) is 8.08. The van der Waals surface area contributed by atoms with Gasteiger partial charge in [-0.2, -0.15) is 0 Å². The normalized spacial score (nSPS) is 22.1. The molecule has 2 aromatic rings. The van der Waals surface area contributed by atoms with E-state index in [2.05, 4.69) is 4.90 Å².